The van der Waals surface area contributed by atoms with Gasteiger partial charge in [0.25, 0.3) is 5.91 Å². The maximum absolute atomic E-state index is 11.8. The molecule has 2 heterocycles. The Balaban J connectivity index is 1.71. The van der Waals surface area contributed by atoms with Gasteiger partial charge in [0.15, 0.2) is 0 Å². The van der Waals surface area contributed by atoms with Crippen molar-refractivity contribution in [2.24, 2.45) is 0 Å². The SMILES string of the molecule is CCNc1nnc(C(=O)NCCCc2ncc[nH]2)s1. The molecule has 3 N–H and O–H groups in total. The van der Waals surface area contributed by atoms with Crippen LogP contribution in [0.25, 0.3) is 0 Å². The summed E-state index contributed by atoms with van der Waals surface area (Å²) in [6.45, 7) is 3.32. The number of nitrogens with zero attached hydrogens (tertiary/aromatic N) is 3. The fraction of sp³-hybridized carbons (Fsp3) is 0.455. The van der Waals surface area contributed by atoms with E-state index in [-0.39, 0.29) is 5.91 Å². The minimum absolute atomic E-state index is 0.180. The number of carbonyl (C=O) groups is 1. The van der Waals surface area contributed by atoms with E-state index >= 15 is 0 Å². The van der Waals surface area contributed by atoms with Gasteiger partial charge < -0.3 is 15.6 Å². The maximum Gasteiger partial charge on any atom is 0.282 e. The van der Waals surface area contributed by atoms with Gasteiger partial charge in [0, 0.05) is 31.9 Å². The highest BCUT2D eigenvalue weighted by atomic mass is 32.1. The first-order chi connectivity index (χ1) is 9.29. The first-order valence-corrected chi connectivity index (χ1v) is 6.95. The van der Waals surface area contributed by atoms with Gasteiger partial charge in [-0.15, -0.1) is 10.2 Å². The van der Waals surface area contributed by atoms with E-state index in [9.17, 15) is 4.79 Å². The molecular weight excluding hydrogens is 264 g/mol. The van der Waals surface area contributed by atoms with E-state index in [2.05, 4.69) is 30.8 Å². The smallest absolute Gasteiger partial charge is 0.282 e. The zero-order valence-electron chi connectivity index (χ0n) is 10.6. The number of hydrogen-bond donors (Lipinski definition) is 3. The Morgan fingerprint density at radius 2 is 2.37 bits per heavy atom. The minimum Gasteiger partial charge on any atom is -0.360 e. The molecule has 7 nitrogen and oxygen atoms in total. The minimum atomic E-state index is -0.180. The summed E-state index contributed by atoms with van der Waals surface area (Å²) in [5.74, 6) is 0.751. The Bertz CT molecular complexity index is 509. The number of nitrogens with one attached hydrogen (secondary N) is 3. The second kappa shape index (κ2) is 6.83. The highest BCUT2D eigenvalue weighted by Gasteiger charge is 2.11. The number of rotatable bonds is 7. The number of anilines is 1. The van der Waals surface area contributed by atoms with Crippen molar-refractivity contribution in [3.05, 3.63) is 23.2 Å². The third-order valence-electron chi connectivity index (χ3n) is 2.38. The highest BCUT2D eigenvalue weighted by Crippen LogP contribution is 2.14. The van der Waals surface area contributed by atoms with Gasteiger partial charge in [-0.2, -0.15) is 0 Å². The summed E-state index contributed by atoms with van der Waals surface area (Å²) >= 11 is 1.26. The van der Waals surface area contributed by atoms with E-state index in [4.69, 9.17) is 0 Å². The van der Waals surface area contributed by atoms with Crippen LogP contribution in [-0.4, -0.2) is 39.2 Å². The second-order valence-electron chi connectivity index (χ2n) is 3.84. The van der Waals surface area contributed by atoms with E-state index < -0.39 is 0 Å². The van der Waals surface area contributed by atoms with Crippen LogP contribution in [0.1, 0.15) is 29.0 Å². The molecule has 0 aliphatic rings. The van der Waals surface area contributed by atoms with E-state index in [0.717, 1.165) is 25.2 Å². The molecule has 2 aromatic rings. The molecule has 0 aliphatic carbocycles. The summed E-state index contributed by atoms with van der Waals surface area (Å²) < 4.78 is 0. The average molecular weight is 280 g/mol. The van der Waals surface area contributed by atoms with Gasteiger partial charge in [-0.3, -0.25) is 4.79 Å². The van der Waals surface area contributed by atoms with Crippen LogP contribution < -0.4 is 10.6 Å². The van der Waals surface area contributed by atoms with Gasteiger partial charge in [-0.05, 0) is 13.3 Å². The van der Waals surface area contributed by atoms with Gasteiger partial charge in [0.05, 0.1) is 0 Å². The highest BCUT2D eigenvalue weighted by molar-refractivity contribution is 7.17. The van der Waals surface area contributed by atoms with Crippen molar-refractivity contribution in [1.29, 1.82) is 0 Å². The summed E-state index contributed by atoms with van der Waals surface area (Å²) in [5, 5.41) is 14.6. The van der Waals surface area contributed by atoms with Crippen molar-refractivity contribution in [3.8, 4) is 0 Å². The Kier molecular flexibility index (Phi) is 4.85. The predicted octanol–water partition coefficient (Wildman–Crippen LogP) is 1.06. The maximum atomic E-state index is 11.8. The Hall–Kier alpha value is -1.96. The first kappa shape index (κ1) is 13.5. The summed E-state index contributed by atoms with van der Waals surface area (Å²) in [6, 6.07) is 0. The largest absolute Gasteiger partial charge is 0.360 e. The Morgan fingerprint density at radius 1 is 1.47 bits per heavy atom. The van der Waals surface area contributed by atoms with Crippen LogP contribution in [0.5, 0.6) is 0 Å². The molecule has 0 saturated carbocycles. The lowest BCUT2D eigenvalue weighted by Crippen LogP contribution is -2.24. The number of hydrogen-bond acceptors (Lipinski definition) is 6. The van der Waals surface area contributed by atoms with Gasteiger partial charge in [0.2, 0.25) is 10.1 Å². The lowest BCUT2D eigenvalue weighted by molar-refractivity contribution is 0.0952. The Morgan fingerprint density at radius 3 is 3.11 bits per heavy atom. The van der Waals surface area contributed by atoms with Gasteiger partial charge >= 0.3 is 0 Å². The fourth-order valence-electron chi connectivity index (χ4n) is 1.51. The van der Waals surface area contributed by atoms with Crippen molar-refractivity contribution >= 4 is 22.4 Å². The number of amides is 1. The number of carbonyl (C=O) groups excluding carboxylic acids is 1. The molecule has 0 unspecified atom stereocenters. The molecule has 0 fully saturated rings. The number of aromatic nitrogens is 4. The second-order valence-corrected chi connectivity index (χ2v) is 4.82. The van der Waals surface area contributed by atoms with E-state index in [1.807, 2.05) is 6.92 Å². The normalized spacial score (nSPS) is 10.4. The van der Waals surface area contributed by atoms with Crippen molar-refractivity contribution < 1.29 is 4.79 Å². The number of imidazole rings is 1. The van der Waals surface area contributed by atoms with E-state index in [0.29, 0.717) is 16.7 Å². The van der Waals surface area contributed by atoms with Crippen LogP contribution in [0.2, 0.25) is 0 Å². The van der Waals surface area contributed by atoms with Gasteiger partial charge in [0.1, 0.15) is 5.82 Å². The lowest BCUT2D eigenvalue weighted by atomic mass is 10.3. The molecule has 0 aromatic carbocycles. The van der Waals surface area contributed by atoms with Gasteiger partial charge in [-0.25, -0.2) is 4.98 Å². The van der Waals surface area contributed by atoms with Crippen molar-refractivity contribution in [2.75, 3.05) is 18.4 Å². The third kappa shape index (κ3) is 4.02. The molecule has 0 bridgehead atoms. The van der Waals surface area contributed by atoms with Crippen LogP contribution >= 0.6 is 11.3 Å². The zero-order valence-corrected chi connectivity index (χ0v) is 11.5. The third-order valence-corrected chi connectivity index (χ3v) is 3.26. The lowest BCUT2D eigenvalue weighted by Gasteiger charge is -2.01. The summed E-state index contributed by atoms with van der Waals surface area (Å²) in [7, 11) is 0. The standard InChI is InChI=1S/C11H16N6OS/c1-2-12-11-17-16-10(19-11)9(18)15-5-3-4-8-13-6-7-14-8/h6-7H,2-5H2,1H3,(H,12,17)(H,13,14)(H,15,18). The molecule has 0 radical (unpaired) electrons. The van der Waals surface area contributed by atoms with Crippen LogP contribution in [0.3, 0.4) is 0 Å². The van der Waals surface area contributed by atoms with Gasteiger partial charge in [-0.1, -0.05) is 11.3 Å². The quantitative estimate of drug-likeness (QED) is 0.659. The topological polar surface area (TPSA) is 95.6 Å². The number of aryl methyl sites for hydroxylation is 1. The van der Waals surface area contributed by atoms with E-state index in [1.165, 1.54) is 11.3 Å². The van der Waals surface area contributed by atoms with Crippen molar-refractivity contribution in [3.63, 3.8) is 0 Å². The molecule has 2 rings (SSSR count). The fourth-order valence-corrected chi connectivity index (χ4v) is 2.23. The Labute approximate surface area is 114 Å². The molecule has 1 amide bonds. The molecule has 8 heteroatoms. The van der Waals surface area contributed by atoms with E-state index in [1.54, 1.807) is 12.4 Å². The van der Waals surface area contributed by atoms with Crippen LogP contribution in [0.4, 0.5) is 5.13 Å². The first-order valence-electron chi connectivity index (χ1n) is 6.13. The summed E-state index contributed by atoms with van der Waals surface area (Å²) in [6.07, 6.45) is 5.15. The molecule has 19 heavy (non-hydrogen) atoms. The summed E-state index contributed by atoms with van der Waals surface area (Å²) in [5.41, 5.74) is 0. The van der Waals surface area contributed by atoms with Crippen molar-refractivity contribution in [1.82, 2.24) is 25.5 Å². The number of H-pyrrole nitrogens is 1. The molecule has 0 aliphatic heterocycles. The molecule has 2 aromatic heterocycles. The predicted molar refractivity (Wildman–Crippen MR) is 73.3 cm³/mol. The van der Waals surface area contributed by atoms with Crippen LogP contribution in [-0.2, 0) is 6.42 Å². The molecule has 0 saturated heterocycles. The summed E-state index contributed by atoms with van der Waals surface area (Å²) in [4.78, 5) is 18.9. The van der Waals surface area contributed by atoms with Crippen molar-refractivity contribution in [2.45, 2.75) is 19.8 Å². The average Bonchev–Trinajstić information content (AvgIpc) is 3.06. The molecule has 0 spiro atoms. The molecule has 102 valence electrons. The monoisotopic (exact) mass is 280 g/mol. The molecular formula is C11H16N6OS. The zero-order chi connectivity index (χ0) is 13.5. The van der Waals surface area contributed by atoms with Crippen LogP contribution in [0.15, 0.2) is 12.4 Å². The van der Waals surface area contributed by atoms with Crippen LogP contribution in [0, 0.1) is 0 Å². The molecule has 0 atom stereocenters. The number of aromatic amines is 1.